The first-order valence-corrected chi connectivity index (χ1v) is 10.4. The van der Waals surface area contributed by atoms with E-state index < -0.39 is 0 Å². The first-order valence-electron chi connectivity index (χ1n) is 10.4. The number of nitrogens with zero attached hydrogens (tertiary/aromatic N) is 2. The number of H-pyrrole nitrogens is 1. The summed E-state index contributed by atoms with van der Waals surface area (Å²) < 4.78 is 12.3. The van der Waals surface area contributed by atoms with Gasteiger partial charge >= 0.3 is 0 Å². The van der Waals surface area contributed by atoms with Crippen LogP contribution in [0.5, 0.6) is 11.5 Å². The molecule has 0 atom stereocenters. The second-order valence-corrected chi connectivity index (χ2v) is 7.19. The van der Waals surface area contributed by atoms with E-state index in [0.717, 1.165) is 28.4 Å². The fraction of sp³-hybridized carbons (Fsp3) is 0.154. The standard InChI is InChI=1S/C26H25N3O3/c1-4-32-23-16-12-20(13-17-23)27-18(2)24-25(19-10-14-22(31-3)15-11-19)28-29(26(24)30)21-8-6-5-7-9-21/h5-17,28H,4H2,1-3H3. The van der Waals surface area contributed by atoms with Crippen molar-refractivity contribution in [1.82, 2.24) is 9.78 Å². The average molecular weight is 428 g/mol. The number of hydrogen-bond acceptors (Lipinski definition) is 4. The number of rotatable bonds is 7. The topological polar surface area (TPSA) is 68.6 Å². The van der Waals surface area contributed by atoms with Gasteiger partial charge in [-0.2, -0.15) is 0 Å². The van der Waals surface area contributed by atoms with Crippen molar-refractivity contribution < 1.29 is 9.47 Å². The van der Waals surface area contributed by atoms with E-state index in [0.29, 0.717) is 23.6 Å². The number of aromatic nitrogens is 2. The summed E-state index contributed by atoms with van der Waals surface area (Å²) in [7, 11) is 1.63. The van der Waals surface area contributed by atoms with Gasteiger partial charge in [0.2, 0.25) is 0 Å². The Bertz CT molecular complexity index is 1270. The molecule has 1 N–H and O–H groups in total. The molecular weight excluding hydrogens is 402 g/mol. The molecule has 0 saturated heterocycles. The maximum atomic E-state index is 13.5. The number of aliphatic imine (C=N–C) groups is 1. The molecule has 4 aromatic rings. The molecule has 1 aromatic heterocycles. The van der Waals surface area contributed by atoms with Crippen molar-refractivity contribution in [2.75, 3.05) is 13.7 Å². The third-order valence-electron chi connectivity index (χ3n) is 5.09. The predicted octanol–water partition coefficient (Wildman–Crippen LogP) is 5.38. The Labute approximate surface area is 186 Å². The molecule has 0 aliphatic rings. The third kappa shape index (κ3) is 4.34. The van der Waals surface area contributed by atoms with Gasteiger partial charge < -0.3 is 9.47 Å². The van der Waals surface area contributed by atoms with E-state index in [1.807, 2.05) is 92.7 Å². The van der Waals surface area contributed by atoms with Crippen LogP contribution in [0.3, 0.4) is 0 Å². The molecule has 0 aliphatic heterocycles. The lowest BCUT2D eigenvalue weighted by Crippen LogP contribution is -2.19. The lowest BCUT2D eigenvalue weighted by atomic mass is 10.0. The minimum Gasteiger partial charge on any atom is -0.497 e. The summed E-state index contributed by atoms with van der Waals surface area (Å²) in [5.41, 5.74) is 4.06. The van der Waals surface area contributed by atoms with Crippen molar-refractivity contribution in [3.05, 3.63) is 94.8 Å². The van der Waals surface area contributed by atoms with Gasteiger partial charge in [-0.25, -0.2) is 4.68 Å². The number of hydrogen-bond donors (Lipinski definition) is 1. The number of methoxy groups -OCH3 is 1. The van der Waals surface area contributed by atoms with Crippen LogP contribution in [0.15, 0.2) is 88.6 Å². The maximum Gasteiger partial charge on any atom is 0.280 e. The number of benzene rings is 3. The quantitative estimate of drug-likeness (QED) is 0.403. The van der Waals surface area contributed by atoms with Gasteiger partial charge in [0, 0.05) is 5.56 Å². The van der Waals surface area contributed by atoms with Crippen molar-refractivity contribution >= 4 is 11.4 Å². The van der Waals surface area contributed by atoms with Crippen LogP contribution in [0.4, 0.5) is 5.69 Å². The predicted molar refractivity (Wildman–Crippen MR) is 128 cm³/mol. The highest BCUT2D eigenvalue weighted by molar-refractivity contribution is 6.04. The molecule has 32 heavy (non-hydrogen) atoms. The molecule has 0 amide bonds. The molecule has 6 nitrogen and oxygen atoms in total. The van der Waals surface area contributed by atoms with Crippen LogP contribution in [0.25, 0.3) is 16.9 Å². The van der Waals surface area contributed by atoms with Crippen molar-refractivity contribution in [1.29, 1.82) is 0 Å². The molecule has 162 valence electrons. The normalized spacial score (nSPS) is 11.4. The molecule has 0 bridgehead atoms. The minimum absolute atomic E-state index is 0.158. The molecule has 0 radical (unpaired) electrons. The fourth-order valence-corrected chi connectivity index (χ4v) is 3.53. The summed E-state index contributed by atoms with van der Waals surface area (Å²) in [6.07, 6.45) is 0. The molecule has 0 aliphatic carbocycles. The summed E-state index contributed by atoms with van der Waals surface area (Å²) in [6, 6.07) is 24.6. The van der Waals surface area contributed by atoms with Crippen LogP contribution in [-0.4, -0.2) is 29.2 Å². The molecule has 3 aromatic carbocycles. The van der Waals surface area contributed by atoms with Crippen molar-refractivity contribution in [2.24, 2.45) is 4.99 Å². The molecular formula is C26H25N3O3. The van der Waals surface area contributed by atoms with Gasteiger partial charge in [0.1, 0.15) is 11.5 Å². The van der Waals surface area contributed by atoms with Crippen molar-refractivity contribution in [2.45, 2.75) is 13.8 Å². The largest absolute Gasteiger partial charge is 0.497 e. The fourth-order valence-electron chi connectivity index (χ4n) is 3.53. The summed E-state index contributed by atoms with van der Waals surface area (Å²) in [5, 5.41) is 3.28. The Kier molecular flexibility index (Phi) is 6.22. The minimum atomic E-state index is -0.158. The zero-order valence-electron chi connectivity index (χ0n) is 18.3. The first kappa shape index (κ1) is 21.2. The van der Waals surface area contributed by atoms with Gasteiger partial charge in [0.15, 0.2) is 0 Å². The second-order valence-electron chi connectivity index (χ2n) is 7.19. The number of para-hydroxylation sites is 1. The smallest absolute Gasteiger partial charge is 0.280 e. The highest BCUT2D eigenvalue weighted by Gasteiger charge is 2.19. The molecule has 1 heterocycles. The van der Waals surface area contributed by atoms with Crippen molar-refractivity contribution in [3.63, 3.8) is 0 Å². The lowest BCUT2D eigenvalue weighted by molar-refractivity contribution is 0.340. The lowest BCUT2D eigenvalue weighted by Gasteiger charge is -2.06. The second kappa shape index (κ2) is 9.39. The Hall–Kier alpha value is -4.06. The van der Waals surface area contributed by atoms with Crippen LogP contribution >= 0.6 is 0 Å². The van der Waals surface area contributed by atoms with Crippen LogP contribution < -0.4 is 15.0 Å². The van der Waals surface area contributed by atoms with E-state index in [9.17, 15) is 4.79 Å². The number of aromatic amines is 1. The zero-order chi connectivity index (χ0) is 22.5. The van der Waals surface area contributed by atoms with Crippen LogP contribution in [0.2, 0.25) is 0 Å². The van der Waals surface area contributed by atoms with Gasteiger partial charge in [0.25, 0.3) is 5.56 Å². The van der Waals surface area contributed by atoms with Gasteiger partial charge in [-0.1, -0.05) is 18.2 Å². The Morgan fingerprint density at radius 2 is 1.59 bits per heavy atom. The molecule has 6 heteroatoms. The highest BCUT2D eigenvalue weighted by Crippen LogP contribution is 2.26. The first-order chi connectivity index (χ1) is 15.6. The van der Waals surface area contributed by atoms with Gasteiger partial charge in [-0.15, -0.1) is 0 Å². The van der Waals surface area contributed by atoms with Crippen molar-refractivity contribution in [3.8, 4) is 28.4 Å². The molecule has 0 fully saturated rings. The SMILES string of the molecule is CCOc1ccc(N=C(C)c2c(-c3ccc(OC)cc3)[nH]n(-c3ccccc3)c2=O)cc1. The van der Waals surface area contributed by atoms with E-state index in [1.54, 1.807) is 11.8 Å². The zero-order valence-corrected chi connectivity index (χ0v) is 18.3. The summed E-state index contributed by atoms with van der Waals surface area (Å²) in [6.45, 7) is 4.40. The molecule has 0 saturated carbocycles. The van der Waals surface area contributed by atoms with E-state index in [-0.39, 0.29) is 5.56 Å². The van der Waals surface area contributed by atoms with E-state index >= 15 is 0 Å². The van der Waals surface area contributed by atoms with Crippen LogP contribution in [0, 0.1) is 0 Å². The third-order valence-corrected chi connectivity index (χ3v) is 5.09. The molecule has 0 spiro atoms. The Morgan fingerprint density at radius 3 is 2.22 bits per heavy atom. The summed E-state index contributed by atoms with van der Waals surface area (Å²) in [4.78, 5) is 18.2. The molecule has 0 unspecified atom stereocenters. The Balaban J connectivity index is 1.83. The van der Waals surface area contributed by atoms with Gasteiger partial charge in [0.05, 0.1) is 42.1 Å². The van der Waals surface area contributed by atoms with Crippen LogP contribution in [0.1, 0.15) is 19.4 Å². The van der Waals surface area contributed by atoms with Gasteiger partial charge in [-0.3, -0.25) is 14.9 Å². The summed E-state index contributed by atoms with van der Waals surface area (Å²) in [5.74, 6) is 1.54. The maximum absolute atomic E-state index is 13.5. The summed E-state index contributed by atoms with van der Waals surface area (Å²) >= 11 is 0. The highest BCUT2D eigenvalue weighted by atomic mass is 16.5. The Morgan fingerprint density at radius 1 is 0.938 bits per heavy atom. The van der Waals surface area contributed by atoms with E-state index in [2.05, 4.69) is 5.10 Å². The monoisotopic (exact) mass is 427 g/mol. The average Bonchev–Trinajstić information content (AvgIpc) is 3.18. The molecule has 4 rings (SSSR count). The van der Waals surface area contributed by atoms with Gasteiger partial charge in [-0.05, 0) is 74.5 Å². The van der Waals surface area contributed by atoms with E-state index in [4.69, 9.17) is 14.5 Å². The van der Waals surface area contributed by atoms with Crippen LogP contribution in [-0.2, 0) is 0 Å². The van der Waals surface area contributed by atoms with E-state index in [1.165, 1.54) is 0 Å². The number of ether oxygens (including phenoxy) is 2. The number of nitrogens with one attached hydrogen (secondary N) is 1.